The summed E-state index contributed by atoms with van der Waals surface area (Å²) in [4.78, 5) is 27.3. The van der Waals surface area contributed by atoms with E-state index in [1.807, 2.05) is 24.3 Å². The smallest absolute Gasteiger partial charge is 0.273 e. The summed E-state index contributed by atoms with van der Waals surface area (Å²) in [7, 11) is 0. The van der Waals surface area contributed by atoms with Gasteiger partial charge in [-0.05, 0) is 31.4 Å². The lowest BCUT2D eigenvalue weighted by Gasteiger charge is -2.22. The van der Waals surface area contributed by atoms with Gasteiger partial charge < -0.3 is 15.0 Å². The first-order chi connectivity index (χ1) is 14.2. The number of nitrogens with zero attached hydrogens (tertiary/aromatic N) is 2. The second-order valence-electron chi connectivity index (χ2n) is 7.58. The molecule has 7 heteroatoms. The number of benzene rings is 1. The fraction of sp³-hybridized carbons (Fsp3) is 0.545. The van der Waals surface area contributed by atoms with Crippen LogP contribution in [0.1, 0.15) is 64.0 Å². The second-order valence-corrected chi connectivity index (χ2v) is 7.58. The van der Waals surface area contributed by atoms with Gasteiger partial charge in [-0.25, -0.2) is 0 Å². The number of H-pyrrole nitrogens is 1. The zero-order valence-corrected chi connectivity index (χ0v) is 17.1. The van der Waals surface area contributed by atoms with E-state index in [0.717, 1.165) is 37.0 Å². The van der Waals surface area contributed by atoms with E-state index in [0.29, 0.717) is 12.4 Å². The Morgan fingerprint density at radius 3 is 2.83 bits per heavy atom. The first-order valence-corrected chi connectivity index (χ1v) is 10.6. The minimum atomic E-state index is -0.308. The summed E-state index contributed by atoms with van der Waals surface area (Å²) in [5.41, 5.74) is 0.714. The van der Waals surface area contributed by atoms with Crippen LogP contribution < -0.4 is 15.6 Å². The highest BCUT2D eigenvalue weighted by Crippen LogP contribution is 2.20. The molecule has 1 aliphatic carbocycles. The number of aromatic amines is 1. The van der Waals surface area contributed by atoms with Crippen LogP contribution in [0.15, 0.2) is 29.1 Å². The Morgan fingerprint density at radius 2 is 2.07 bits per heavy atom. The lowest BCUT2D eigenvalue weighted by molar-refractivity contribution is -0.122. The summed E-state index contributed by atoms with van der Waals surface area (Å²) < 4.78 is 5.71. The van der Waals surface area contributed by atoms with Crippen LogP contribution in [0, 0.1) is 0 Å². The topological polar surface area (TPSA) is 97.0 Å². The number of carbonyl (C=O) groups is 1. The maximum atomic E-state index is 12.4. The Bertz CT molecular complexity index is 859. The fourth-order valence-corrected chi connectivity index (χ4v) is 3.50. The predicted molar refractivity (Wildman–Crippen MR) is 112 cm³/mol. The van der Waals surface area contributed by atoms with E-state index < -0.39 is 0 Å². The van der Waals surface area contributed by atoms with Crippen molar-refractivity contribution in [3.05, 3.63) is 40.3 Å². The first kappa shape index (κ1) is 21.0. The van der Waals surface area contributed by atoms with Crippen molar-refractivity contribution < 1.29 is 9.53 Å². The molecule has 1 heterocycles. The van der Waals surface area contributed by atoms with E-state index >= 15 is 0 Å². The molecule has 3 rings (SSSR count). The third kappa shape index (κ3) is 6.41. The van der Waals surface area contributed by atoms with Crippen LogP contribution in [0.4, 0.5) is 0 Å². The number of rotatable bonds is 9. The zero-order valence-electron chi connectivity index (χ0n) is 17.1. The average molecular weight is 399 g/mol. The maximum absolute atomic E-state index is 12.4. The summed E-state index contributed by atoms with van der Waals surface area (Å²) in [6, 6.07) is 7.70. The van der Waals surface area contributed by atoms with Crippen molar-refractivity contribution in [1.29, 1.82) is 0 Å². The van der Waals surface area contributed by atoms with Crippen molar-refractivity contribution in [2.75, 3.05) is 6.61 Å². The summed E-state index contributed by atoms with van der Waals surface area (Å²) in [6.45, 7) is 2.77. The van der Waals surface area contributed by atoms with E-state index in [1.54, 1.807) is 0 Å². The Hall–Kier alpha value is -2.70. The average Bonchev–Trinajstić information content (AvgIpc) is 2.74. The summed E-state index contributed by atoms with van der Waals surface area (Å²) >= 11 is 0. The van der Waals surface area contributed by atoms with Crippen molar-refractivity contribution in [2.45, 2.75) is 70.8 Å². The molecule has 0 atom stereocenters. The molecule has 1 saturated carbocycles. The van der Waals surface area contributed by atoms with Crippen molar-refractivity contribution in [3.63, 3.8) is 0 Å². The summed E-state index contributed by atoms with van der Waals surface area (Å²) in [6.07, 6.45) is 8.25. The molecule has 1 aliphatic rings. The molecule has 0 bridgehead atoms. The van der Waals surface area contributed by atoms with Crippen molar-refractivity contribution in [1.82, 2.24) is 20.5 Å². The van der Waals surface area contributed by atoms with Gasteiger partial charge >= 0.3 is 0 Å². The summed E-state index contributed by atoms with van der Waals surface area (Å²) in [5.74, 6) is 1.10. The van der Waals surface area contributed by atoms with E-state index in [2.05, 4.69) is 27.4 Å². The molecule has 1 fully saturated rings. The molecule has 0 aliphatic heterocycles. The van der Waals surface area contributed by atoms with Crippen molar-refractivity contribution in [3.8, 4) is 17.1 Å². The van der Waals surface area contributed by atoms with Crippen LogP contribution >= 0.6 is 0 Å². The molecule has 1 amide bonds. The third-order valence-corrected chi connectivity index (χ3v) is 5.20. The van der Waals surface area contributed by atoms with Gasteiger partial charge in [0.25, 0.3) is 5.56 Å². The van der Waals surface area contributed by atoms with Crippen molar-refractivity contribution >= 4 is 5.91 Å². The first-order valence-electron chi connectivity index (χ1n) is 10.6. The SMILES string of the molecule is CCCCOc1cccc(-c2nnc(CCC(=O)NC3CCCCC3)c(=O)[nH]2)c1. The highest BCUT2D eigenvalue weighted by Gasteiger charge is 2.16. The highest BCUT2D eigenvalue weighted by molar-refractivity contribution is 5.76. The number of nitrogens with one attached hydrogen (secondary N) is 2. The Labute approximate surface area is 171 Å². The summed E-state index contributed by atoms with van der Waals surface area (Å²) in [5, 5.41) is 11.3. The zero-order chi connectivity index (χ0) is 20.5. The standard InChI is InChI=1S/C22H30N4O3/c1-2-3-14-29-18-11-7-8-16(15-18)21-24-22(28)19(25-26-21)12-13-20(27)23-17-9-5-4-6-10-17/h7-8,11,15,17H,2-6,9-10,12-14H2,1H3,(H,23,27)(H,24,26,28). The van der Waals surface area contributed by atoms with Gasteiger partial charge in [-0.15, -0.1) is 10.2 Å². The van der Waals surface area contributed by atoms with Crippen LogP contribution in [0.2, 0.25) is 0 Å². The predicted octanol–water partition coefficient (Wildman–Crippen LogP) is 3.39. The molecular weight excluding hydrogens is 368 g/mol. The number of carbonyl (C=O) groups excluding carboxylic acids is 1. The van der Waals surface area contributed by atoms with Gasteiger partial charge in [0.05, 0.1) is 6.61 Å². The van der Waals surface area contributed by atoms with E-state index in [4.69, 9.17) is 4.74 Å². The van der Waals surface area contributed by atoms with Crippen LogP contribution in [0.5, 0.6) is 5.75 Å². The van der Waals surface area contributed by atoms with Crippen LogP contribution in [-0.2, 0) is 11.2 Å². The molecule has 1 aromatic heterocycles. The number of hydrogen-bond donors (Lipinski definition) is 2. The molecule has 2 N–H and O–H groups in total. The van der Waals surface area contributed by atoms with Gasteiger partial charge in [0.2, 0.25) is 5.91 Å². The quantitative estimate of drug-likeness (QED) is 0.631. The monoisotopic (exact) mass is 398 g/mol. The molecule has 0 spiro atoms. The molecule has 29 heavy (non-hydrogen) atoms. The van der Waals surface area contributed by atoms with E-state index in [1.165, 1.54) is 19.3 Å². The van der Waals surface area contributed by atoms with Gasteiger partial charge in [-0.3, -0.25) is 9.59 Å². The van der Waals surface area contributed by atoms with Crippen LogP contribution in [0.3, 0.4) is 0 Å². The molecule has 7 nitrogen and oxygen atoms in total. The lowest BCUT2D eigenvalue weighted by atomic mass is 9.95. The molecule has 156 valence electrons. The van der Waals surface area contributed by atoms with Gasteiger partial charge in [0.1, 0.15) is 11.4 Å². The van der Waals surface area contributed by atoms with Crippen LogP contribution in [-0.4, -0.2) is 33.7 Å². The number of aryl methyl sites for hydroxylation is 1. The number of ether oxygens (including phenoxy) is 1. The lowest BCUT2D eigenvalue weighted by Crippen LogP contribution is -2.36. The minimum absolute atomic E-state index is 0.0286. The van der Waals surface area contributed by atoms with Gasteiger partial charge in [-0.2, -0.15) is 0 Å². The number of amides is 1. The third-order valence-electron chi connectivity index (χ3n) is 5.20. The van der Waals surface area contributed by atoms with Crippen molar-refractivity contribution in [2.24, 2.45) is 0 Å². The van der Waals surface area contributed by atoms with Gasteiger partial charge in [0, 0.05) is 24.4 Å². The Kier molecular flexibility index (Phi) is 7.78. The Balaban J connectivity index is 1.57. The largest absolute Gasteiger partial charge is 0.494 e. The van der Waals surface area contributed by atoms with E-state index in [9.17, 15) is 9.59 Å². The van der Waals surface area contributed by atoms with Crippen LogP contribution in [0.25, 0.3) is 11.4 Å². The second kappa shape index (κ2) is 10.7. The molecule has 0 unspecified atom stereocenters. The van der Waals surface area contributed by atoms with E-state index in [-0.39, 0.29) is 36.0 Å². The molecule has 0 saturated heterocycles. The molecule has 2 aromatic rings. The highest BCUT2D eigenvalue weighted by atomic mass is 16.5. The molecule has 0 radical (unpaired) electrons. The Morgan fingerprint density at radius 1 is 1.24 bits per heavy atom. The fourth-order valence-electron chi connectivity index (χ4n) is 3.50. The number of unbranched alkanes of at least 4 members (excludes halogenated alkanes) is 1. The van der Waals surface area contributed by atoms with Gasteiger partial charge in [-0.1, -0.05) is 44.7 Å². The van der Waals surface area contributed by atoms with Gasteiger partial charge in [0.15, 0.2) is 5.82 Å². The normalized spacial score (nSPS) is 14.5. The molecular formula is C22H30N4O3. The maximum Gasteiger partial charge on any atom is 0.273 e. The molecule has 1 aromatic carbocycles. The minimum Gasteiger partial charge on any atom is -0.494 e. The number of hydrogen-bond acceptors (Lipinski definition) is 5. The number of aromatic nitrogens is 3.